The first-order valence-corrected chi connectivity index (χ1v) is 4.65. The first-order valence-electron chi connectivity index (χ1n) is 4.65. The number of hydrogen-bond donors (Lipinski definition) is 1. The summed E-state index contributed by atoms with van der Waals surface area (Å²) in [5.74, 6) is 8.48. The Bertz CT molecular complexity index is 196. The van der Waals surface area contributed by atoms with Crippen LogP contribution in [0.4, 0.5) is 0 Å². The van der Waals surface area contributed by atoms with Gasteiger partial charge in [-0.05, 0) is 30.6 Å². The molecule has 0 amide bonds. The normalized spacial score (nSPS) is 38.6. The van der Waals surface area contributed by atoms with Gasteiger partial charge in [-0.25, -0.2) is 4.89 Å². The van der Waals surface area contributed by atoms with E-state index in [-0.39, 0.29) is 0 Å². The lowest BCUT2D eigenvalue weighted by Gasteiger charge is -1.96. The molecule has 0 radical (unpaired) electrons. The van der Waals surface area contributed by atoms with E-state index in [2.05, 4.69) is 16.7 Å². The lowest BCUT2D eigenvalue weighted by atomic mass is 10.1. The van der Waals surface area contributed by atoms with E-state index < -0.39 is 0 Å². The SMILES string of the molecule is OOCC1C2CCC#CCCC21. The topological polar surface area (TPSA) is 29.5 Å². The van der Waals surface area contributed by atoms with Crippen LogP contribution < -0.4 is 0 Å². The van der Waals surface area contributed by atoms with E-state index in [0.29, 0.717) is 12.5 Å². The Hall–Kier alpha value is -0.520. The lowest BCUT2D eigenvalue weighted by Crippen LogP contribution is -1.94. The van der Waals surface area contributed by atoms with Gasteiger partial charge in [0.25, 0.3) is 0 Å². The molecule has 0 spiro atoms. The summed E-state index contributed by atoms with van der Waals surface area (Å²) in [5.41, 5.74) is 0. The van der Waals surface area contributed by atoms with E-state index in [0.717, 1.165) is 24.7 Å². The van der Waals surface area contributed by atoms with Crippen LogP contribution in [0, 0.1) is 29.6 Å². The zero-order chi connectivity index (χ0) is 8.39. The Balaban J connectivity index is 1.87. The molecule has 2 unspecified atom stereocenters. The van der Waals surface area contributed by atoms with Crippen LogP contribution in [0.25, 0.3) is 0 Å². The Kier molecular flexibility index (Phi) is 2.34. The second-order valence-electron chi connectivity index (χ2n) is 3.72. The van der Waals surface area contributed by atoms with Crippen molar-refractivity contribution in [2.24, 2.45) is 17.8 Å². The fraction of sp³-hybridized carbons (Fsp3) is 0.800. The monoisotopic (exact) mass is 166 g/mol. The minimum absolute atomic E-state index is 0.523. The van der Waals surface area contributed by atoms with E-state index in [1.54, 1.807) is 0 Å². The maximum atomic E-state index is 8.33. The van der Waals surface area contributed by atoms with Gasteiger partial charge in [-0.2, -0.15) is 0 Å². The number of hydrogen-bond acceptors (Lipinski definition) is 2. The van der Waals surface area contributed by atoms with Gasteiger partial charge in [0.2, 0.25) is 0 Å². The van der Waals surface area contributed by atoms with Crippen LogP contribution in [0.15, 0.2) is 0 Å². The molecule has 0 aromatic carbocycles. The molecule has 1 N–H and O–H groups in total. The van der Waals surface area contributed by atoms with Gasteiger partial charge in [-0.1, -0.05) is 0 Å². The molecule has 0 aromatic heterocycles. The van der Waals surface area contributed by atoms with E-state index in [1.807, 2.05) is 0 Å². The van der Waals surface area contributed by atoms with Crippen molar-refractivity contribution in [1.82, 2.24) is 0 Å². The van der Waals surface area contributed by atoms with Gasteiger partial charge in [-0.15, -0.1) is 11.8 Å². The Morgan fingerprint density at radius 1 is 1.17 bits per heavy atom. The molecule has 12 heavy (non-hydrogen) atoms. The molecular weight excluding hydrogens is 152 g/mol. The van der Waals surface area contributed by atoms with Crippen molar-refractivity contribution >= 4 is 0 Å². The maximum Gasteiger partial charge on any atom is 0.0853 e. The molecule has 1 saturated carbocycles. The first-order chi connectivity index (χ1) is 5.93. The highest BCUT2D eigenvalue weighted by Crippen LogP contribution is 2.52. The molecule has 2 heteroatoms. The molecular formula is C10H14O2. The fourth-order valence-electron chi connectivity index (χ4n) is 2.37. The third-order valence-electron chi connectivity index (χ3n) is 3.11. The molecule has 2 nitrogen and oxygen atoms in total. The highest BCUT2D eigenvalue weighted by Gasteiger charge is 2.48. The molecule has 2 rings (SSSR count). The molecule has 0 bridgehead atoms. The maximum absolute atomic E-state index is 8.33. The second-order valence-corrected chi connectivity index (χ2v) is 3.72. The van der Waals surface area contributed by atoms with Gasteiger partial charge in [0.1, 0.15) is 0 Å². The van der Waals surface area contributed by atoms with Crippen molar-refractivity contribution in [3.05, 3.63) is 0 Å². The molecule has 1 fully saturated rings. The van der Waals surface area contributed by atoms with Crippen molar-refractivity contribution < 1.29 is 10.1 Å². The molecule has 0 heterocycles. The van der Waals surface area contributed by atoms with Crippen LogP contribution in [0.2, 0.25) is 0 Å². The van der Waals surface area contributed by atoms with Gasteiger partial charge in [0.05, 0.1) is 6.61 Å². The Labute approximate surface area is 72.8 Å². The second kappa shape index (κ2) is 3.47. The Morgan fingerprint density at radius 2 is 1.75 bits per heavy atom. The minimum atomic E-state index is 0.523. The highest BCUT2D eigenvalue weighted by atomic mass is 17.1. The summed E-state index contributed by atoms with van der Waals surface area (Å²) in [6.45, 7) is 0.523. The molecule has 0 aliphatic heterocycles. The van der Waals surface area contributed by atoms with E-state index in [1.165, 1.54) is 12.8 Å². The molecule has 0 saturated heterocycles. The van der Waals surface area contributed by atoms with Crippen LogP contribution >= 0.6 is 0 Å². The number of rotatable bonds is 2. The van der Waals surface area contributed by atoms with Crippen LogP contribution in [0.3, 0.4) is 0 Å². The third kappa shape index (κ3) is 1.48. The average molecular weight is 166 g/mol. The summed E-state index contributed by atoms with van der Waals surface area (Å²) >= 11 is 0. The minimum Gasteiger partial charge on any atom is -0.252 e. The standard InChI is InChI=1S/C10H14O2/c11-12-7-10-8-5-3-1-2-4-6-9(8)10/h8-11H,3-7H2. The summed E-state index contributed by atoms with van der Waals surface area (Å²) < 4.78 is 0. The van der Waals surface area contributed by atoms with Gasteiger partial charge >= 0.3 is 0 Å². The van der Waals surface area contributed by atoms with E-state index >= 15 is 0 Å². The van der Waals surface area contributed by atoms with E-state index in [4.69, 9.17) is 5.26 Å². The molecule has 66 valence electrons. The van der Waals surface area contributed by atoms with Gasteiger partial charge < -0.3 is 0 Å². The summed E-state index contributed by atoms with van der Waals surface area (Å²) in [6.07, 6.45) is 4.46. The van der Waals surface area contributed by atoms with Crippen LogP contribution in [0.5, 0.6) is 0 Å². The van der Waals surface area contributed by atoms with Gasteiger partial charge in [-0.3, -0.25) is 5.26 Å². The largest absolute Gasteiger partial charge is 0.252 e. The van der Waals surface area contributed by atoms with Crippen molar-refractivity contribution in [1.29, 1.82) is 0 Å². The van der Waals surface area contributed by atoms with Crippen LogP contribution in [-0.2, 0) is 4.89 Å². The predicted molar refractivity (Wildman–Crippen MR) is 45.3 cm³/mol. The van der Waals surface area contributed by atoms with Gasteiger partial charge in [0.15, 0.2) is 0 Å². The van der Waals surface area contributed by atoms with E-state index in [9.17, 15) is 0 Å². The zero-order valence-electron chi connectivity index (χ0n) is 7.12. The molecule has 2 aliphatic carbocycles. The highest BCUT2D eigenvalue weighted by molar-refractivity contribution is 5.07. The van der Waals surface area contributed by atoms with Crippen molar-refractivity contribution in [2.75, 3.05) is 6.61 Å². The summed E-state index contributed by atoms with van der Waals surface area (Å²) in [4.78, 5) is 4.20. The third-order valence-corrected chi connectivity index (χ3v) is 3.11. The molecule has 2 aliphatic rings. The summed E-state index contributed by atoms with van der Waals surface area (Å²) in [7, 11) is 0. The van der Waals surface area contributed by atoms with Crippen LogP contribution in [0.1, 0.15) is 25.7 Å². The average Bonchev–Trinajstić information content (AvgIpc) is 2.61. The zero-order valence-corrected chi connectivity index (χ0v) is 7.12. The summed E-state index contributed by atoms with van der Waals surface area (Å²) in [6, 6.07) is 0. The first kappa shape index (κ1) is 8.10. The smallest absolute Gasteiger partial charge is 0.0853 e. The lowest BCUT2D eigenvalue weighted by molar-refractivity contribution is -0.246. The number of fused-ring (bicyclic) bond motifs is 1. The molecule has 2 atom stereocenters. The van der Waals surface area contributed by atoms with Crippen LogP contribution in [-0.4, -0.2) is 11.9 Å². The van der Waals surface area contributed by atoms with Gasteiger partial charge in [0, 0.05) is 12.8 Å². The Morgan fingerprint density at radius 3 is 2.25 bits per heavy atom. The van der Waals surface area contributed by atoms with Crippen molar-refractivity contribution in [2.45, 2.75) is 25.7 Å². The predicted octanol–water partition coefficient (Wildman–Crippen LogP) is 1.92. The van der Waals surface area contributed by atoms with Crippen molar-refractivity contribution in [3.63, 3.8) is 0 Å². The van der Waals surface area contributed by atoms with Crippen molar-refractivity contribution in [3.8, 4) is 11.8 Å². The quantitative estimate of drug-likeness (QED) is 0.386. The summed E-state index contributed by atoms with van der Waals surface area (Å²) in [5, 5.41) is 8.33. The molecule has 0 aromatic rings. The fourth-order valence-corrected chi connectivity index (χ4v) is 2.37.